The number of carboxylic acid groups (broad SMARTS) is 1. The number of hydrogen-bond acceptors (Lipinski definition) is 10. The van der Waals surface area contributed by atoms with Gasteiger partial charge in [-0.25, -0.2) is 4.79 Å². The van der Waals surface area contributed by atoms with Gasteiger partial charge in [0.25, 0.3) is 0 Å². The third-order valence-corrected chi connectivity index (χ3v) is 9.24. The summed E-state index contributed by atoms with van der Waals surface area (Å²) in [4.78, 5) is 13.4. The fourth-order valence-electron chi connectivity index (χ4n) is 5.59. The van der Waals surface area contributed by atoms with Gasteiger partial charge in [-0.15, -0.1) is 0 Å². The number of nitrogens with zero attached hydrogens (tertiary/aromatic N) is 1. The molecule has 2 aliphatic heterocycles. The molecule has 0 radical (unpaired) electrons. The molecule has 0 unspecified atom stereocenters. The van der Waals surface area contributed by atoms with Crippen LogP contribution < -0.4 is 24.3 Å². The summed E-state index contributed by atoms with van der Waals surface area (Å²) in [7, 11) is 0. The Morgan fingerprint density at radius 2 is 1.72 bits per heavy atom. The van der Waals surface area contributed by atoms with Crippen molar-refractivity contribution in [3.8, 4) is 34.1 Å². The van der Waals surface area contributed by atoms with Gasteiger partial charge in [0.05, 0.1) is 23.8 Å². The number of likely N-dealkylation sites (tertiary alicyclic amines) is 1. The van der Waals surface area contributed by atoms with E-state index in [0.29, 0.717) is 61.5 Å². The molecule has 5 N–H and O–H groups in total. The molecule has 1 saturated heterocycles. The SMILES string of the molecule is Cc1c(COc2cc(OCCN3CCC(O)(C(=O)O)CC3)c(CNC(C)(CO)CO)cc2Cl)cccc1-c1ccc2c(c1)OCCO2. The van der Waals surface area contributed by atoms with Gasteiger partial charge in [0, 0.05) is 37.8 Å². The number of fused-ring (bicyclic) bond motifs is 1. The summed E-state index contributed by atoms with van der Waals surface area (Å²) in [5, 5.41) is 42.6. The molecule has 0 bridgehead atoms. The molecule has 2 aliphatic rings. The van der Waals surface area contributed by atoms with Gasteiger partial charge in [-0.3, -0.25) is 4.90 Å². The number of carbonyl (C=O) groups is 1. The highest BCUT2D eigenvalue weighted by Gasteiger charge is 2.39. The van der Waals surface area contributed by atoms with E-state index >= 15 is 0 Å². The van der Waals surface area contributed by atoms with Crippen LogP contribution in [0.5, 0.6) is 23.0 Å². The Morgan fingerprint density at radius 3 is 2.43 bits per heavy atom. The largest absolute Gasteiger partial charge is 0.492 e. The van der Waals surface area contributed by atoms with E-state index in [1.54, 1.807) is 19.1 Å². The predicted octanol–water partition coefficient (Wildman–Crippen LogP) is 3.79. The molecule has 0 atom stereocenters. The normalized spacial score (nSPS) is 16.1. The van der Waals surface area contributed by atoms with E-state index in [2.05, 4.69) is 16.3 Å². The Labute approximate surface area is 279 Å². The number of hydrogen-bond donors (Lipinski definition) is 5. The lowest BCUT2D eigenvalue weighted by molar-refractivity contribution is -0.163. The van der Waals surface area contributed by atoms with Crippen molar-refractivity contribution in [1.82, 2.24) is 10.2 Å². The Morgan fingerprint density at radius 1 is 1.00 bits per heavy atom. The summed E-state index contributed by atoms with van der Waals surface area (Å²) >= 11 is 6.72. The highest BCUT2D eigenvalue weighted by atomic mass is 35.5. The third kappa shape index (κ3) is 8.29. The maximum Gasteiger partial charge on any atom is 0.335 e. The first-order valence-electron chi connectivity index (χ1n) is 15.8. The van der Waals surface area contributed by atoms with Crippen LogP contribution in [0.25, 0.3) is 11.1 Å². The minimum atomic E-state index is -1.69. The molecule has 47 heavy (non-hydrogen) atoms. The van der Waals surface area contributed by atoms with Crippen LogP contribution in [-0.4, -0.2) is 95.1 Å². The zero-order valence-corrected chi connectivity index (χ0v) is 27.5. The zero-order chi connectivity index (χ0) is 33.6. The molecule has 0 spiro atoms. The van der Waals surface area contributed by atoms with E-state index in [1.807, 2.05) is 37.3 Å². The summed E-state index contributed by atoms with van der Waals surface area (Å²) in [6, 6.07) is 15.5. The van der Waals surface area contributed by atoms with E-state index in [1.165, 1.54) is 0 Å². The number of rotatable bonds is 14. The minimum Gasteiger partial charge on any atom is -0.492 e. The van der Waals surface area contributed by atoms with Crippen molar-refractivity contribution >= 4 is 17.6 Å². The third-order valence-electron chi connectivity index (χ3n) is 8.95. The number of carboxylic acids is 1. The van der Waals surface area contributed by atoms with Crippen molar-refractivity contribution in [2.75, 3.05) is 52.7 Å². The van der Waals surface area contributed by atoms with Gasteiger partial charge in [0.1, 0.15) is 37.9 Å². The van der Waals surface area contributed by atoms with Crippen LogP contribution in [0, 0.1) is 6.92 Å². The summed E-state index contributed by atoms with van der Waals surface area (Å²) < 4.78 is 23.9. The standard InChI is InChI=1S/C35H43ClN2O9/c1-23-25(4-3-5-27(23)24-6-7-29-32(17-24)46-15-14-45-29)20-47-31-18-30(26(16-28(31)36)19-37-34(2,21-39)22-40)44-13-12-38-10-8-35(43,9-11-38)33(41)42/h3-7,16-18,37,39-40,43H,8-15,19-22H2,1-2H3,(H,41,42). The monoisotopic (exact) mass is 670 g/mol. The summed E-state index contributed by atoms with van der Waals surface area (Å²) in [6.07, 6.45) is 0.291. The van der Waals surface area contributed by atoms with E-state index in [4.69, 9.17) is 30.5 Å². The van der Waals surface area contributed by atoms with Crippen molar-refractivity contribution in [2.45, 2.75) is 51.0 Å². The second kappa shape index (κ2) is 15.1. The van der Waals surface area contributed by atoms with Gasteiger partial charge in [-0.05, 0) is 67.1 Å². The number of piperidine rings is 1. The molecule has 11 nitrogen and oxygen atoms in total. The van der Waals surface area contributed by atoms with Crippen molar-refractivity contribution in [3.63, 3.8) is 0 Å². The van der Waals surface area contributed by atoms with Crippen LogP contribution in [-0.2, 0) is 17.9 Å². The number of halogens is 1. The van der Waals surface area contributed by atoms with E-state index in [9.17, 15) is 25.2 Å². The van der Waals surface area contributed by atoms with Crippen molar-refractivity contribution < 1.29 is 44.2 Å². The quantitative estimate of drug-likeness (QED) is 0.171. The number of nitrogens with one attached hydrogen (secondary N) is 1. The number of aliphatic hydroxyl groups is 3. The molecule has 0 aromatic heterocycles. The summed E-state index contributed by atoms with van der Waals surface area (Å²) in [5.41, 5.74) is 2.22. The first-order chi connectivity index (χ1) is 22.5. The number of ether oxygens (including phenoxy) is 4. The van der Waals surface area contributed by atoms with Crippen molar-refractivity contribution in [1.29, 1.82) is 0 Å². The molecular formula is C35H43ClN2O9. The molecule has 5 rings (SSSR count). The second-order valence-corrected chi connectivity index (χ2v) is 12.8. The fourth-order valence-corrected chi connectivity index (χ4v) is 5.83. The first kappa shape index (κ1) is 34.7. The molecule has 254 valence electrons. The Hall–Kier alpha value is -3.58. The topological polar surface area (TPSA) is 150 Å². The Kier molecular flexibility index (Phi) is 11.2. The van der Waals surface area contributed by atoms with Crippen molar-refractivity contribution in [3.05, 3.63) is 70.2 Å². The highest BCUT2D eigenvalue weighted by Crippen LogP contribution is 2.37. The number of aliphatic carboxylic acids is 1. The number of aliphatic hydroxyl groups excluding tert-OH is 2. The Bertz CT molecular complexity index is 1550. The molecule has 0 aliphatic carbocycles. The van der Waals surface area contributed by atoms with Gasteiger partial charge >= 0.3 is 5.97 Å². The maximum atomic E-state index is 11.4. The van der Waals surface area contributed by atoms with Gasteiger partial charge in [0.15, 0.2) is 17.1 Å². The maximum absolute atomic E-state index is 11.4. The van der Waals surface area contributed by atoms with Crippen LogP contribution in [0.2, 0.25) is 5.02 Å². The molecule has 12 heteroatoms. The van der Waals surface area contributed by atoms with Crippen LogP contribution >= 0.6 is 11.6 Å². The molecule has 3 aromatic rings. The lowest BCUT2D eigenvalue weighted by atomic mass is 9.92. The molecule has 2 heterocycles. The molecular weight excluding hydrogens is 628 g/mol. The molecule has 0 amide bonds. The summed E-state index contributed by atoms with van der Waals surface area (Å²) in [5.74, 6) is 1.23. The number of benzene rings is 3. The fraction of sp³-hybridized carbons (Fsp3) is 0.457. The molecule has 0 saturated carbocycles. The highest BCUT2D eigenvalue weighted by molar-refractivity contribution is 6.32. The van der Waals surface area contributed by atoms with E-state index in [-0.39, 0.29) is 39.2 Å². The average molecular weight is 671 g/mol. The van der Waals surface area contributed by atoms with Gasteiger partial charge in [-0.2, -0.15) is 0 Å². The first-order valence-corrected chi connectivity index (χ1v) is 16.1. The lowest BCUT2D eigenvalue weighted by Crippen LogP contribution is -2.50. The molecule has 3 aromatic carbocycles. The average Bonchev–Trinajstić information content (AvgIpc) is 3.08. The van der Waals surface area contributed by atoms with Crippen LogP contribution in [0.15, 0.2) is 48.5 Å². The summed E-state index contributed by atoms with van der Waals surface area (Å²) in [6.45, 7) is 6.50. The van der Waals surface area contributed by atoms with Gasteiger partial charge < -0.3 is 44.7 Å². The lowest BCUT2D eigenvalue weighted by Gasteiger charge is -2.35. The smallest absolute Gasteiger partial charge is 0.335 e. The van der Waals surface area contributed by atoms with E-state index in [0.717, 1.165) is 33.8 Å². The van der Waals surface area contributed by atoms with Crippen molar-refractivity contribution in [2.24, 2.45) is 0 Å². The van der Waals surface area contributed by atoms with Crippen LogP contribution in [0.1, 0.15) is 36.5 Å². The van der Waals surface area contributed by atoms with Crippen LogP contribution in [0.4, 0.5) is 0 Å². The predicted molar refractivity (Wildman–Crippen MR) is 177 cm³/mol. The van der Waals surface area contributed by atoms with E-state index < -0.39 is 17.1 Å². The van der Waals surface area contributed by atoms with Crippen LogP contribution in [0.3, 0.4) is 0 Å². The van der Waals surface area contributed by atoms with Gasteiger partial charge in [0.2, 0.25) is 0 Å². The van der Waals surface area contributed by atoms with Gasteiger partial charge in [-0.1, -0.05) is 35.9 Å². The zero-order valence-electron chi connectivity index (χ0n) is 26.8. The second-order valence-electron chi connectivity index (χ2n) is 12.4. The Balaban J connectivity index is 1.30. The minimum absolute atomic E-state index is 0.145. The molecule has 1 fully saturated rings.